The van der Waals surface area contributed by atoms with Gasteiger partial charge in [-0.2, -0.15) is 0 Å². The molecule has 24 heavy (non-hydrogen) atoms. The van der Waals surface area contributed by atoms with Crippen molar-refractivity contribution in [2.75, 3.05) is 32.7 Å². The van der Waals surface area contributed by atoms with E-state index in [1.165, 1.54) is 12.8 Å². The van der Waals surface area contributed by atoms with Crippen LogP contribution in [-0.4, -0.2) is 60.4 Å². The van der Waals surface area contributed by atoms with Crippen molar-refractivity contribution in [1.29, 1.82) is 0 Å². The second-order valence-corrected chi connectivity index (χ2v) is 6.28. The second kappa shape index (κ2) is 7.25. The Bertz CT molecular complexity index is 626. The van der Waals surface area contributed by atoms with E-state index in [4.69, 9.17) is 0 Å². The molecule has 2 fully saturated rings. The number of nitrogens with one attached hydrogen (secondary N) is 1. The van der Waals surface area contributed by atoms with E-state index < -0.39 is 17.5 Å². The normalized spacial score (nSPS) is 18.5. The lowest BCUT2D eigenvalue weighted by atomic mass is 10.2. The van der Waals surface area contributed by atoms with Gasteiger partial charge in [-0.1, -0.05) is 0 Å². The zero-order valence-corrected chi connectivity index (χ0v) is 13.4. The standard InChI is InChI=1S/C17H21F2N3O2/c18-12-1-4-14(15(19)11-12)17(24)20-6-5-16(23)22-9-7-21(8-10-22)13-2-3-13/h1,4,11,13H,2-3,5-10H2,(H,20,24). The fraction of sp³-hybridized carbons (Fsp3) is 0.529. The first-order chi connectivity index (χ1) is 11.5. The molecule has 130 valence electrons. The molecule has 5 nitrogen and oxygen atoms in total. The topological polar surface area (TPSA) is 52.7 Å². The summed E-state index contributed by atoms with van der Waals surface area (Å²) >= 11 is 0. The van der Waals surface area contributed by atoms with Crippen LogP contribution in [-0.2, 0) is 4.79 Å². The summed E-state index contributed by atoms with van der Waals surface area (Å²) in [6.07, 6.45) is 2.71. The third-order valence-corrected chi connectivity index (χ3v) is 4.53. The summed E-state index contributed by atoms with van der Waals surface area (Å²) in [6.45, 7) is 3.39. The smallest absolute Gasteiger partial charge is 0.254 e. The highest BCUT2D eigenvalue weighted by atomic mass is 19.1. The Morgan fingerprint density at radius 3 is 2.46 bits per heavy atom. The number of benzene rings is 1. The maximum Gasteiger partial charge on any atom is 0.254 e. The Hall–Kier alpha value is -2.02. The molecule has 2 aliphatic rings. The van der Waals surface area contributed by atoms with Gasteiger partial charge in [-0.25, -0.2) is 8.78 Å². The van der Waals surface area contributed by atoms with Gasteiger partial charge in [-0.3, -0.25) is 14.5 Å². The molecular formula is C17H21F2N3O2. The molecule has 2 amide bonds. The summed E-state index contributed by atoms with van der Waals surface area (Å²) in [6, 6.07) is 3.51. The summed E-state index contributed by atoms with van der Waals surface area (Å²) < 4.78 is 26.3. The van der Waals surface area contributed by atoms with Crippen LogP contribution in [0.2, 0.25) is 0 Å². The lowest BCUT2D eigenvalue weighted by molar-refractivity contribution is -0.132. The third kappa shape index (κ3) is 4.08. The minimum absolute atomic E-state index is 0.00896. The van der Waals surface area contributed by atoms with Crippen molar-refractivity contribution in [3.05, 3.63) is 35.4 Å². The Balaban J connectivity index is 1.41. The van der Waals surface area contributed by atoms with Gasteiger partial charge in [0.2, 0.25) is 5.91 Å². The van der Waals surface area contributed by atoms with Gasteiger partial charge < -0.3 is 10.2 Å². The van der Waals surface area contributed by atoms with E-state index >= 15 is 0 Å². The van der Waals surface area contributed by atoms with Crippen LogP contribution in [0.1, 0.15) is 29.6 Å². The Morgan fingerprint density at radius 2 is 1.83 bits per heavy atom. The van der Waals surface area contributed by atoms with Crippen LogP contribution >= 0.6 is 0 Å². The molecule has 1 N–H and O–H groups in total. The number of halogens is 2. The van der Waals surface area contributed by atoms with Crippen molar-refractivity contribution >= 4 is 11.8 Å². The predicted octanol–water partition coefficient (Wildman–Crippen LogP) is 1.39. The van der Waals surface area contributed by atoms with E-state index in [0.29, 0.717) is 12.1 Å². The highest BCUT2D eigenvalue weighted by Crippen LogP contribution is 2.27. The van der Waals surface area contributed by atoms with Crippen LogP contribution in [0.3, 0.4) is 0 Å². The van der Waals surface area contributed by atoms with Crippen molar-refractivity contribution in [3.8, 4) is 0 Å². The van der Waals surface area contributed by atoms with Crippen molar-refractivity contribution in [1.82, 2.24) is 15.1 Å². The molecule has 0 aromatic heterocycles. The number of hydrogen-bond acceptors (Lipinski definition) is 3. The molecule has 1 heterocycles. The first-order valence-corrected chi connectivity index (χ1v) is 8.29. The van der Waals surface area contributed by atoms with Gasteiger partial charge in [0, 0.05) is 51.3 Å². The Labute approximate surface area is 139 Å². The molecule has 0 bridgehead atoms. The first kappa shape index (κ1) is 16.8. The molecular weight excluding hydrogens is 316 g/mol. The van der Waals surface area contributed by atoms with E-state index in [1.807, 2.05) is 4.90 Å². The zero-order chi connectivity index (χ0) is 17.1. The van der Waals surface area contributed by atoms with Gasteiger partial charge >= 0.3 is 0 Å². The maximum absolute atomic E-state index is 13.5. The van der Waals surface area contributed by atoms with E-state index in [2.05, 4.69) is 10.2 Å². The van der Waals surface area contributed by atoms with Crippen LogP contribution in [0.25, 0.3) is 0 Å². The molecule has 0 radical (unpaired) electrons. The summed E-state index contributed by atoms with van der Waals surface area (Å²) in [7, 11) is 0. The molecule has 0 unspecified atom stereocenters. The van der Waals surface area contributed by atoms with Crippen LogP contribution in [0, 0.1) is 11.6 Å². The molecule has 1 aliphatic carbocycles. The monoisotopic (exact) mass is 337 g/mol. The SMILES string of the molecule is O=C(NCCC(=O)N1CCN(C2CC2)CC1)c1ccc(F)cc1F. The molecule has 3 rings (SSSR count). The van der Waals surface area contributed by atoms with Crippen LogP contribution < -0.4 is 5.32 Å². The van der Waals surface area contributed by atoms with Gasteiger partial charge in [0.15, 0.2) is 0 Å². The molecule has 1 saturated heterocycles. The maximum atomic E-state index is 13.5. The van der Waals surface area contributed by atoms with Crippen molar-refractivity contribution in [2.45, 2.75) is 25.3 Å². The highest BCUT2D eigenvalue weighted by molar-refractivity contribution is 5.94. The first-order valence-electron chi connectivity index (χ1n) is 8.29. The molecule has 0 spiro atoms. The number of nitrogens with zero attached hydrogens (tertiary/aromatic N) is 2. The van der Waals surface area contributed by atoms with Gasteiger partial charge in [-0.05, 0) is 25.0 Å². The molecule has 7 heteroatoms. The predicted molar refractivity (Wildman–Crippen MR) is 84.5 cm³/mol. The summed E-state index contributed by atoms with van der Waals surface area (Å²) in [5.41, 5.74) is -0.220. The lowest BCUT2D eigenvalue weighted by Gasteiger charge is -2.34. The van der Waals surface area contributed by atoms with Gasteiger partial charge in [0.05, 0.1) is 5.56 Å². The quantitative estimate of drug-likeness (QED) is 0.883. The Kier molecular flexibility index (Phi) is 5.08. The molecule has 1 aromatic carbocycles. The number of carbonyl (C=O) groups is 2. The van der Waals surface area contributed by atoms with Gasteiger partial charge in [-0.15, -0.1) is 0 Å². The third-order valence-electron chi connectivity index (χ3n) is 4.53. The minimum Gasteiger partial charge on any atom is -0.351 e. The summed E-state index contributed by atoms with van der Waals surface area (Å²) in [4.78, 5) is 28.2. The van der Waals surface area contributed by atoms with Crippen LogP contribution in [0.4, 0.5) is 8.78 Å². The number of rotatable bonds is 5. The van der Waals surface area contributed by atoms with E-state index in [-0.39, 0.29) is 24.4 Å². The number of amides is 2. The van der Waals surface area contributed by atoms with E-state index in [0.717, 1.165) is 38.3 Å². The zero-order valence-electron chi connectivity index (χ0n) is 13.4. The van der Waals surface area contributed by atoms with Crippen LogP contribution in [0.5, 0.6) is 0 Å². The summed E-state index contributed by atoms with van der Waals surface area (Å²) in [5.74, 6) is -2.29. The molecule has 1 aromatic rings. The summed E-state index contributed by atoms with van der Waals surface area (Å²) in [5, 5.41) is 2.51. The van der Waals surface area contributed by atoms with Crippen molar-refractivity contribution in [2.24, 2.45) is 0 Å². The Morgan fingerprint density at radius 1 is 1.12 bits per heavy atom. The lowest BCUT2D eigenvalue weighted by Crippen LogP contribution is -2.49. The van der Waals surface area contributed by atoms with E-state index in [9.17, 15) is 18.4 Å². The number of carbonyl (C=O) groups excluding carboxylic acids is 2. The highest BCUT2D eigenvalue weighted by Gasteiger charge is 2.32. The second-order valence-electron chi connectivity index (χ2n) is 6.28. The van der Waals surface area contributed by atoms with Gasteiger partial charge in [0.1, 0.15) is 11.6 Å². The van der Waals surface area contributed by atoms with Crippen molar-refractivity contribution < 1.29 is 18.4 Å². The molecule has 1 aliphatic heterocycles. The number of piperazine rings is 1. The molecule has 1 saturated carbocycles. The molecule has 0 atom stereocenters. The van der Waals surface area contributed by atoms with E-state index in [1.54, 1.807) is 0 Å². The van der Waals surface area contributed by atoms with Gasteiger partial charge in [0.25, 0.3) is 5.91 Å². The average molecular weight is 337 g/mol. The fourth-order valence-corrected chi connectivity index (χ4v) is 2.99. The average Bonchev–Trinajstić information content (AvgIpc) is 3.39. The fourth-order valence-electron chi connectivity index (χ4n) is 2.99. The van der Waals surface area contributed by atoms with Crippen molar-refractivity contribution in [3.63, 3.8) is 0 Å². The number of hydrogen-bond donors (Lipinski definition) is 1. The minimum atomic E-state index is -0.907. The van der Waals surface area contributed by atoms with Crippen LogP contribution in [0.15, 0.2) is 18.2 Å². The largest absolute Gasteiger partial charge is 0.351 e.